The molecule has 0 saturated carbocycles. The smallest absolute Gasteiger partial charge is 0.100 e. The lowest BCUT2D eigenvalue weighted by atomic mass is 10.3. The molecule has 0 fully saturated rings. The van der Waals surface area contributed by atoms with Crippen molar-refractivity contribution in [1.82, 2.24) is 4.57 Å². The third-order valence-corrected chi connectivity index (χ3v) is 2.11. The Labute approximate surface area is 82.5 Å². The number of nitrogens with zero attached hydrogens (tertiary/aromatic N) is 2. The zero-order chi connectivity index (χ0) is 9.80. The van der Waals surface area contributed by atoms with Gasteiger partial charge in [-0.05, 0) is 24.3 Å². The van der Waals surface area contributed by atoms with Crippen molar-refractivity contribution in [2.24, 2.45) is 5.11 Å². The summed E-state index contributed by atoms with van der Waals surface area (Å²) in [6.07, 6.45) is 1.98. The van der Waals surface area contributed by atoms with E-state index in [0.29, 0.717) is 6.54 Å². The van der Waals surface area contributed by atoms with E-state index in [9.17, 15) is 0 Å². The Morgan fingerprint density at radius 3 is 2.57 bits per heavy atom. The van der Waals surface area contributed by atoms with E-state index in [1.165, 1.54) is 0 Å². The third-order valence-electron chi connectivity index (χ3n) is 2.11. The molecule has 3 nitrogen and oxygen atoms in total. The quantitative estimate of drug-likeness (QED) is 0.714. The van der Waals surface area contributed by atoms with Crippen molar-refractivity contribution in [1.29, 1.82) is 5.53 Å². The molecule has 0 aliphatic heterocycles. The fraction of sp³-hybridized carbons (Fsp3) is 0.0909. The standard InChI is InChI=1S/C11H11N3/c12-13-9-11-7-4-8-14(11)10-5-2-1-3-6-10/h1-8,12H,9H2. The summed E-state index contributed by atoms with van der Waals surface area (Å²) < 4.78 is 2.04. The van der Waals surface area contributed by atoms with Crippen molar-refractivity contribution in [3.05, 3.63) is 54.4 Å². The Kier molecular flexibility index (Phi) is 2.40. The van der Waals surface area contributed by atoms with E-state index in [0.717, 1.165) is 11.4 Å². The third kappa shape index (κ3) is 1.57. The molecule has 0 unspecified atom stereocenters. The van der Waals surface area contributed by atoms with Crippen molar-refractivity contribution >= 4 is 0 Å². The predicted molar refractivity (Wildman–Crippen MR) is 54.6 cm³/mol. The average Bonchev–Trinajstić information content (AvgIpc) is 2.68. The molecule has 1 N–H and O–H groups in total. The molecule has 1 heterocycles. The van der Waals surface area contributed by atoms with Gasteiger partial charge in [-0.2, -0.15) is 5.11 Å². The second-order valence-corrected chi connectivity index (χ2v) is 3.02. The second kappa shape index (κ2) is 3.87. The van der Waals surface area contributed by atoms with Crippen LogP contribution in [0.2, 0.25) is 0 Å². The number of para-hydroxylation sites is 1. The number of aromatic nitrogens is 1. The lowest BCUT2D eigenvalue weighted by Gasteiger charge is -2.06. The van der Waals surface area contributed by atoms with Gasteiger partial charge in [0.1, 0.15) is 6.54 Å². The highest BCUT2D eigenvalue weighted by atomic mass is 15.0. The molecule has 0 amide bonds. The molecule has 0 saturated heterocycles. The van der Waals surface area contributed by atoms with Crippen LogP contribution in [0.15, 0.2) is 53.8 Å². The van der Waals surface area contributed by atoms with Gasteiger partial charge in [-0.3, -0.25) is 0 Å². The van der Waals surface area contributed by atoms with Crippen molar-refractivity contribution in [3.63, 3.8) is 0 Å². The van der Waals surface area contributed by atoms with Gasteiger partial charge >= 0.3 is 0 Å². The molecule has 2 rings (SSSR count). The summed E-state index contributed by atoms with van der Waals surface area (Å²) in [5.74, 6) is 0. The first-order valence-electron chi connectivity index (χ1n) is 4.46. The zero-order valence-electron chi connectivity index (χ0n) is 7.72. The summed E-state index contributed by atoms with van der Waals surface area (Å²) in [6, 6.07) is 14.0. The largest absolute Gasteiger partial charge is 0.319 e. The van der Waals surface area contributed by atoms with E-state index >= 15 is 0 Å². The van der Waals surface area contributed by atoms with Crippen molar-refractivity contribution in [2.75, 3.05) is 0 Å². The molecule has 14 heavy (non-hydrogen) atoms. The molecule has 0 radical (unpaired) electrons. The van der Waals surface area contributed by atoms with Crippen LogP contribution in [0.3, 0.4) is 0 Å². The van der Waals surface area contributed by atoms with Gasteiger partial charge in [0.05, 0.1) is 0 Å². The van der Waals surface area contributed by atoms with Gasteiger partial charge in [-0.25, -0.2) is 5.53 Å². The van der Waals surface area contributed by atoms with Gasteiger partial charge in [0, 0.05) is 17.6 Å². The molecular formula is C11H11N3. The summed E-state index contributed by atoms with van der Waals surface area (Å²) in [5, 5.41) is 3.39. The number of hydrogen-bond acceptors (Lipinski definition) is 2. The molecule has 0 aliphatic carbocycles. The molecule has 2 aromatic rings. The molecule has 0 atom stereocenters. The Balaban J connectivity index is 2.41. The molecule has 70 valence electrons. The first kappa shape index (κ1) is 8.69. The topological polar surface area (TPSA) is 41.1 Å². The van der Waals surface area contributed by atoms with E-state index in [2.05, 4.69) is 5.11 Å². The van der Waals surface area contributed by atoms with Gasteiger partial charge < -0.3 is 4.57 Å². The maximum Gasteiger partial charge on any atom is 0.100 e. The molecule has 1 aromatic carbocycles. The summed E-state index contributed by atoms with van der Waals surface area (Å²) in [5.41, 5.74) is 8.99. The van der Waals surface area contributed by atoms with Crippen LogP contribution in [0, 0.1) is 5.53 Å². The number of benzene rings is 1. The first-order chi connectivity index (χ1) is 6.92. The number of nitrogens with one attached hydrogen (secondary N) is 1. The van der Waals surface area contributed by atoms with Gasteiger partial charge in [0.2, 0.25) is 0 Å². The van der Waals surface area contributed by atoms with Gasteiger partial charge in [0.25, 0.3) is 0 Å². The normalized spacial score (nSPS) is 10.0. The Morgan fingerprint density at radius 1 is 1.07 bits per heavy atom. The Hall–Kier alpha value is -1.90. The fourth-order valence-corrected chi connectivity index (χ4v) is 1.47. The van der Waals surface area contributed by atoms with Crippen LogP contribution < -0.4 is 0 Å². The molecule has 1 aromatic heterocycles. The minimum atomic E-state index is 0.432. The maximum atomic E-state index is 6.85. The van der Waals surface area contributed by atoms with E-state index < -0.39 is 0 Å². The van der Waals surface area contributed by atoms with Gasteiger partial charge in [-0.1, -0.05) is 18.2 Å². The summed E-state index contributed by atoms with van der Waals surface area (Å²) >= 11 is 0. The second-order valence-electron chi connectivity index (χ2n) is 3.02. The van der Waals surface area contributed by atoms with Crippen LogP contribution in [0.5, 0.6) is 0 Å². The average molecular weight is 185 g/mol. The summed E-state index contributed by atoms with van der Waals surface area (Å²) in [6.45, 7) is 0.432. The number of rotatable bonds is 3. The van der Waals surface area contributed by atoms with Gasteiger partial charge in [-0.15, -0.1) is 0 Å². The maximum absolute atomic E-state index is 6.85. The van der Waals surface area contributed by atoms with Crippen LogP contribution in [-0.2, 0) is 6.54 Å². The van der Waals surface area contributed by atoms with E-state index in [1.807, 2.05) is 53.2 Å². The highest BCUT2D eigenvalue weighted by Gasteiger charge is 2.00. The molecular weight excluding hydrogens is 174 g/mol. The van der Waals surface area contributed by atoms with E-state index in [4.69, 9.17) is 5.53 Å². The Bertz CT molecular complexity index is 417. The lowest BCUT2D eigenvalue weighted by Crippen LogP contribution is -1.96. The van der Waals surface area contributed by atoms with Crippen LogP contribution in [0.4, 0.5) is 0 Å². The predicted octanol–water partition coefficient (Wildman–Crippen LogP) is 3.01. The molecule has 0 aliphatic rings. The minimum Gasteiger partial charge on any atom is -0.319 e. The van der Waals surface area contributed by atoms with Crippen LogP contribution >= 0.6 is 0 Å². The molecule has 0 spiro atoms. The number of hydrogen-bond donors (Lipinski definition) is 1. The first-order valence-corrected chi connectivity index (χ1v) is 4.46. The molecule has 0 bridgehead atoms. The zero-order valence-corrected chi connectivity index (χ0v) is 7.72. The summed E-state index contributed by atoms with van der Waals surface area (Å²) in [7, 11) is 0. The van der Waals surface area contributed by atoms with Crippen molar-refractivity contribution in [2.45, 2.75) is 6.54 Å². The minimum absolute atomic E-state index is 0.432. The van der Waals surface area contributed by atoms with Gasteiger partial charge in [0.15, 0.2) is 0 Å². The fourth-order valence-electron chi connectivity index (χ4n) is 1.47. The van der Waals surface area contributed by atoms with E-state index in [-0.39, 0.29) is 0 Å². The van der Waals surface area contributed by atoms with E-state index in [1.54, 1.807) is 0 Å². The summed E-state index contributed by atoms with van der Waals surface area (Å²) in [4.78, 5) is 0. The van der Waals surface area contributed by atoms with Crippen molar-refractivity contribution in [3.8, 4) is 5.69 Å². The highest BCUT2D eigenvalue weighted by molar-refractivity contribution is 5.34. The van der Waals surface area contributed by atoms with Crippen molar-refractivity contribution < 1.29 is 0 Å². The monoisotopic (exact) mass is 185 g/mol. The Morgan fingerprint density at radius 2 is 1.86 bits per heavy atom. The van der Waals surface area contributed by atoms with Crippen LogP contribution in [-0.4, -0.2) is 4.57 Å². The highest BCUT2D eigenvalue weighted by Crippen LogP contribution is 2.12. The lowest BCUT2D eigenvalue weighted by molar-refractivity contribution is 0.839. The van der Waals surface area contributed by atoms with Crippen LogP contribution in [0.1, 0.15) is 5.69 Å². The van der Waals surface area contributed by atoms with Crippen LogP contribution in [0.25, 0.3) is 5.69 Å². The molecule has 3 heteroatoms. The SMILES string of the molecule is N=NCc1cccn1-c1ccccc1.